The highest BCUT2D eigenvalue weighted by Gasteiger charge is 2.25. The molecular formula is C17H27NO2. The summed E-state index contributed by atoms with van der Waals surface area (Å²) in [6, 6.07) is 8.20. The molecule has 1 amide bonds. The van der Waals surface area contributed by atoms with Crippen molar-refractivity contribution >= 4 is 5.91 Å². The Bertz CT molecular complexity index is 431. The van der Waals surface area contributed by atoms with Crippen molar-refractivity contribution in [1.29, 1.82) is 0 Å². The number of benzene rings is 1. The molecule has 0 aliphatic carbocycles. The van der Waals surface area contributed by atoms with Crippen molar-refractivity contribution in [3.63, 3.8) is 0 Å². The summed E-state index contributed by atoms with van der Waals surface area (Å²) in [6.07, 6.45) is 1.00. The standard InChI is InChI=1S/C17H27NO2/c1-6-14-8-10-15(11-9-14)13(3)16(19)18(7-2)12-17(4,5)20/h8-11,13,20H,6-7,12H2,1-5H3. The number of likely N-dealkylation sites (N-methyl/N-ethyl adjacent to an activating group) is 1. The van der Waals surface area contributed by atoms with Gasteiger partial charge in [-0.15, -0.1) is 0 Å². The summed E-state index contributed by atoms with van der Waals surface area (Å²) < 4.78 is 0. The molecule has 0 saturated carbocycles. The van der Waals surface area contributed by atoms with Gasteiger partial charge < -0.3 is 10.0 Å². The van der Waals surface area contributed by atoms with Crippen LogP contribution in [0, 0.1) is 0 Å². The molecule has 3 heteroatoms. The lowest BCUT2D eigenvalue weighted by atomic mass is 9.97. The normalized spacial score (nSPS) is 13.1. The molecule has 0 bridgehead atoms. The maximum atomic E-state index is 12.5. The first-order valence-corrected chi connectivity index (χ1v) is 7.38. The third-order valence-electron chi connectivity index (χ3n) is 3.53. The fraction of sp³-hybridized carbons (Fsp3) is 0.588. The van der Waals surface area contributed by atoms with E-state index < -0.39 is 5.60 Å². The topological polar surface area (TPSA) is 40.5 Å². The minimum atomic E-state index is -0.864. The molecule has 0 saturated heterocycles. The Kier molecular flexibility index (Phi) is 5.75. The minimum absolute atomic E-state index is 0.0684. The number of rotatable bonds is 6. The molecule has 20 heavy (non-hydrogen) atoms. The van der Waals surface area contributed by atoms with E-state index in [1.807, 2.05) is 26.0 Å². The highest BCUT2D eigenvalue weighted by atomic mass is 16.3. The van der Waals surface area contributed by atoms with E-state index in [9.17, 15) is 9.90 Å². The monoisotopic (exact) mass is 277 g/mol. The first-order chi connectivity index (χ1) is 9.28. The van der Waals surface area contributed by atoms with Crippen molar-refractivity contribution in [2.45, 2.75) is 52.6 Å². The quantitative estimate of drug-likeness (QED) is 0.868. The summed E-state index contributed by atoms with van der Waals surface area (Å²) in [6.45, 7) is 10.4. The van der Waals surface area contributed by atoms with Gasteiger partial charge in [0, 0.05) is 13.1 Å². The van der Waals surface area contributed by atoms with Crippen molar-refractivity contribution in [3.05, 3.63) is 35.4 Å². The van der Waals surface area contributed by atoms with Crippen LogP contribution in [-0.2, 0) is 11.2 Å². The lowest BCUT2D eigenvalue weighted by Crippen LogP contribution is -2.43. The van der Waals surface area contributed by atoms with Crippen LogP contribution in [0.3, 0.4) is 0 Å². The van der Waals surface area contributed by atoms with E-state index in [2.05, 4.69) is 19.1 Å². The first-order valence-electron chi connectivity index (χ1n) is 7.38. The lowest BCUT2D eigenvalue weighted by molar-refractivity contribution is -0.135. The summed E-state index contributed by atoms with van der Waals surface area (Å²) in [7, 11) is 0. The smallest absolute Gasteiger partial charge is 0.229 e. The Labute approximate surface area is 122 Å². The highest BCUT2D eigenvalue weighted by Crippen LogP contribution is 2.20. The number of amides is 1. The van der Waals surface area contributed by atoms with Crippen LogP contribution in [0.1, 0.15) is 51.7 Å². The highest BCUT2D eigenvalue weighted by molar-refractivity contribution is 5.83. The SMILES string of the molecule is CCc1ccc(C(C)C(=O)N(CC)CC(C)(C)O)cc1. The van der Waals surface area contributed by atoms with Gasteiger partial charge in [-0.1, -0.05) is 31.2 Å². The maximum absolute atomic E-state index is 12.5. The summed E-state index contributed by atoms with van der Waals surface area (Å²) in [5, 5.41) is 9.89. The second-order valence-corrected chi connectivity index (χ2v) is 5.98. The van der Waals surface area contributed by atoms with Crippen LogP contribution in [0.25, 0.3) is 0 Å². The number of aryl methyl sites for hydroxylation is 1. The molecule has 1 unspecified atom stereocenters. The first kappa shape index (κ1) is 16.7. The van der Waals surface area contributed by atoms with E-state index in [-0.39, 0.29) is 11.8 Å². The summed E-state index contributed by atoms with van der Waals surface area (Å²) in [4.78, 5) is 14.2. The van der Waals surface area contributed by atoms with Gasteiger partial charge in [0.15, 0.2) is 0 Å². The molecule has 0 spiro atoms. The predicted molar refractivity (Wildman–Crippen MR) is 82.8 cm³/mol. The Morgan fingerprint density at radius 1 is 1.25 bits per heavy atom. The van der Waals surface area contributed by atoms with E-state index in [1.165, 1.54) is 5.56 Å². The van der Waals surface area contributed by atoms with E-state index in [4.69, 9.17) is 0 Å². The van der Waals surface area contributed by atoms with Crippen LogP contribution in [0.2, 0.25) is 0 Å². The zero-order valence-corrected chi connectivity index (χ0v) is 13.3. The Morgan fingerprint density at radius 3 is 2.20 bits per heavy atom. The average Bonchev–Trinajstić information content (AvgIpc) is 2.42. The largest absolute Gasteiger partial charge is 0.389 e. The van der Waals surface area contributed by atoms with E-state index in [0.717, 1.165) is 12.0 Å². The number of carbonyl (C=O) groups is 1. The van der Waals surface area contributed by atoms with E-state index >= 15 is 0 Å². The second kappa shape index (κ2) is 6.89. The van der Waals surface area contributed by atoms with Crippen molar-refractivity contribution < 1.29 is 9.90 Å². The van der Waals surface area contributed by atoms with E-state index in [0.29, 0.717) is 13.1 Å². The summed E-state index contributed by atoms with van der Waals surface area (Å²) >= 11 is 0. The van der Waals surface area contributed by atoms with Crippen molar-refractivity contribution in [3.8, 4) is 0 Å². The molecule has 0 radical (unpaired) electrons. The van der Waals surface area contributed by atoms with Crippen LogP contribution in [0.4, 0.5) is 0 Å². The fourth-order valence-corrected chi connectivity index (χ4v) is 2.27. The molecule has 0 aliphatic rings. The molecule has 0 aromatic heterocycles. The zero-order chi connectivity index (χ0) is 15.3. The summed E-state index contributed by atoms with van der Waals surface area (Å²) in [5.74, 6) is -0.109. The molecule has 1 rings (SSSR count). The number of aliphatic hydroxyl groups is 1. The van der Waals surface area contributed by atoms with Crippen LogP contribution in [0.5, 0.6) is 0 Å². The lowest BCUT2D eigenvalue weighted by Gasteiger charge is -2.30. The maximum Gasteiger partial charge on any atom is 0.229 e. The van der Waals surface area contributed by atoms with Crippen LogP contribution in [-0.4, -0.2) is 34.6 Å². The van der Waals surface area contributed by atoms with Crippen LogP contribution < -0.4 is 0 Å². The molecule has 0 aliphatic heterocycles. The average molecular weight is 277 g/mol. The number of nitrogens with zero attached hydrogens (tertiary/aromatic N) is 1. The molecule has 1 aromatic carbocycles. The predicted octanol–water partition coefficient (Wildman–Crippen LogP) is 2.97. The van der Waals surface area contributed by atoms with Crippen LogP contribution >= 0.6 is 0 Å². The van der Waals surface area contributed by atoms with Crippen molar-refractivity contribution in [1.82, 2.24) is 4.90 Å². The molecule has 0 heterocycles. The van der Waals surface area contributed by atoms with Gasteiger partial charge in [-0.25, -0.2) is 0 Å². The molecule has 1 atom stereocenters. The number of hydrogen-bond donors (Lipinski definition) is 1. The van der Waals surface area contributed by atoms with Gasteiger partial charge in [0.25, 0.3) is 0 Å². The fourth-order valence-electron chi connectivity index (χ4n) is 2.27. The van der Waals surface area contributed by atoms with Crippen molar-refractivity contribution in [2.24, 2.45) is 0 Å². The van der Waals surface area contributed by atoms with Crippen molar-refractivity contribution in [2.75, 3.05) is 13.1 Å². The Hall–Kier alpha value is -1.35. The van der Waals surface area contributed by atoms with Gasteiger partial charge >= 0.3 is 0 Å². The third-order valence-corrected chi connectivity index (χ3v) is 3.53. The summed E-state index contributed by atoms with van der Waals surface area (Å²) in [5.41, 5.74) is 1.44. The Balaban J connectivity index is 2.82. The second-order valence-electron chi connectivity index (χ2n) is 5.98. The van der Waals surface area contributed by atoms with Gasteiger partial charge in [-0.3, -0.25) is 4.79 Å². The molecule has 112 valence electrons. The minimum Gasteiger partial charge on any atom is -0.389 e. The van der Waals surface area contributed by atoms with Gasteiger partial charge in [-0.2, -0.15) is 0 Å². The number of carbonyl (C=O) groups excluding carboxylic acids is 1. The molecule has 3 nitrogen and oxygen atoms in total. The van der Waals surface area contributed by atoms with Gasteiger partial charge in [-0.05, 0) is 45.2 Å². The molecule has 1 aromatic rings. The van der Waals surface area contributed by atoms with Crippen LogP contribution in [0.15, 0.2) is 24.3 Å². The van der Waals surface area contributed by atoms with Gasteiger partial charge in [0.1, 0.15) is 0 Å². The third kappa shape index (κ3) is 4.64. The van der Waals surface area contributed by atoms with Gasteiger partial charge in [0.2, 0.25) is 5.91 Å². The Morgan fingerprint density at radius 2 is 1.80 bits per heavy atom. The zero-order valence-electron chi connectivity index (χ0n) is 13.3. The van der Waals surface area contributed by atoms with E-state index in [1.54, 1.807) is 18.7 Å². The molecule has 1 N–H and O–H groups in total. The molecular weight excluding hydrogens is 250 g/mol. The molecule has 0 fully saturated rings. The van der Waals surface area contributed by atoms with Gasteiger partial charge in [0.05, 0.1) is 11.5 Å². The number of hydrogen-bond acceptors (Lipinski definition) is 2.